The van der Waals surface area contributed by atoms with Crippen LogP contribution in [-0.4, -0.2) is 29.7 Å². The molecule has 1 N–H and O–H groups in total. The molecule has 0 aromatic carbocycles. The summed E-state index contributed by atoms with van der Waals surface area (Å²) in [6, 6.07) is 1.99. The van der Waals surface area contributed by atoms with Crippen LogP contribution in [0.1, 0.15) is 18.0 Å². The maximum atomic E-state index is 5.34. The average Bonchev–Trinajstić information content (AvgIpc) is 2.80. The molecule has 1 saturated heterocycles. The predicted molar refractivity (Wildman–Crippen MR) is 58.9 cm³/mol. The average molecular weight is 205 g/mol. The predicted octanol–water partition coefficient (Wildman–Crippen LogP) is 1.58. The van der Waals surface area contributed by atoms with Gasteiger partial charge in [-0.05, 0) is 6.42 Å². The molecule has 0 amide bonds. The minimum Gasteiger partial charge on any atom is -0.381 e. The van der Waals surface area contributed by atoms with Gasteiger partial charge in [-0.2, -0.15) is 0 Å². The van der Waals surface area contributed by atoms with Crippen molar-refractivity contribution in [2.45, 2.75) is 12.3 Å². The van der Waals surface area contributed by atoms with Gasteiger partial charge in [-0.3, -0.25) is 0 Å². The third-order valence-electron chi connectivity index (χ3n) is 2.46. The first-order chi connectivity index (χ1) is 7.40. The molecule has 1 atom stereocenters. The van der Waals surface area contributed by atoms with Crippen molar-refractivity contribution in [1.29, 1.82) is 0 Å². The molecule has 1 unspecified atom stereocenters. The van der Waals surface area contributed by atoms with Crippen LogP contribution in [0.5, 0.6) is 0 Å². The van der Waals surface area contributed by atoms with Gasteiger partial charge in [0.1, 0.15) is 12.1 Å². The molecule has 1 aromatic heterocycles. The van der Waals surface area contributed by atoms with Crippen molar-refractivity contribution >= 4 is 5.82 Å². The Labute approximate surface area is 89.4 Å². The smallest absolute Gasteiger partial charge is 0.129 e. The zero-order chi connectivity index (χ0) is 10.5. The first-order valence-electron chi connectivity index (χ1n) is 5.14. The number of aromatic nitrogens is 2. The molecule has 2 heterocycles. The van der Waals surface area contributed by atoms with E-state index < -0.39 is 0 Å². The van der Waals surface area contributed by atoms with Crippen LogP contribution in [0.3, 0.4) is 0 Å². The zero-order valence-corrected chi connectivity index (χ0v) is 8.65. The Hall–Kier alpha value is -1.42. The summed E-state index contributed by atoms with van der Waals surface area (Å²) >= 11 is 0. The second kappa shape index (κ2) is 4.89. The van der Waals surface area contributed by atoms with E-state index in [1.807, 2.05) is 6.07 Å². The van der Waals surface area contributed by atoms with Crippen molar-refractivity contribution in [2.24, 2.45) is 0 Å². The Morgan fingerprint density at radius 2 is 2.53 bits per heavy atom. The van der Waals surface area contributed by atoms with Gasteiger partial charge in [0.15, 0.2) is 0 Å². The Morgan fingerprint density at radius 1 is 1.60 bits per heavy atom. The van der Waals surface area contributed by atoms with Crippen molar-refractivity contribution in [3.05, 3.63) is 30.7 Å². The summed E-state index contributed by atoms with van der Waals surface area (Å²) in [5, 5.41) is 3.15. The topological polar surface area (TPSA) is 47.0 Å². The number of ether oxygens (including phenoxy) is 1. The van der Waals surface area contributed by atoms with E-state index in [1.54, 1.807) is 12.4 Å². The molecule has 4 nitrogen and oxygen atoms in total. The van der Waals surface area contributed by atoms with Gasteiger partial charge in [-0.25, -0.2) is 9.97 Å². The van der Waals surface area contributed by atoms with Crippen molar-refractivity contribution in [3.63, 3.8) is 0 Å². The van der Waals surface area contributed by atoms with Crippen LogP contribution in [0.4, 0.5) is 5.82 Å². The lowest BCUT2D eigenvalue weighted by Crippen LogP contribution is -2.05. The third kappa shape index (κ3) is 2.53. The molecule has 0 spiro atoms. The lowest BCUT2D eigenvalue weighted by Gasteiger charge is -2.08. The monoisotopic (exact) mass is 205 g/mol. The van der Waals surface area contributed by atoms with Crippen molar-refractivity contribution in [1.82, 2.24) is 9.97 Å². The lowest BCUT2D eigenvalue weighted by atomic mass is 10.1. The number of hydrogen-bond donors (Lipinski definition) is 1. The number of anilines is 1. The lowest BCUT2D eigenvalue weighted by molar-refractivity contribution is 0.193. The fourth-order valence-corrected chi connectivity index (χ4v) is 1.64. The van der Waals surface area contributed by atoms with E-state index in [1.165, 1.54) is 0 Å². The molecule has 0 aliphatic carbocycles. The Morgan fingerprint density at radius 3 is 3.27 bits per heavy atom. The van der Waals surface area contributed by atoms with E-state index >= 15 is 0 Å². The highest BCUT2D eigenvalue weighted by atomic mass is 16.5. The van der Waals surface area contributed by atoms with Crippen molar-refractivity contribution < 1.29 is 4.74 Å². The van der Waals surface area contributed by atoms with Gasteiger partial charge in [0.2, 0.25) is 0 Å². The normalized spacial score (nSPS) is 20.1. The van der Waals surface area contributed by atoms with Gasteiger partial charge in [-0.1, -0.05) is 6.08 Å². The molecule has 0 radical (unpaired) electrons. The summed E-state index contributed by atoms with van der Waals surface area (Å²) in [6.45, 7) is 5.98. The van der Waals surface area contributed by atoms with Crippen LogP contribution in [-0.2, 0) is 4.74 Å². The van der Waals surface area contributed by atoms with Crippen LogP contribution in [0.2, 0.25) is 0 Å². The number of hydrogen-bond acceptors (Lipinski definition) is 4. The van der Waals surface area contributed by atoms with Crippen LogP contribution in [0.25, 0.3) is 0 Å². The van der Waals surface area contributed by atoms with E-state index in [-0.39, 0.29) is 0 Å². The Balaban J connectivity index is 2.07. The van der Waals surface area contributed by atoms with Crippen LogP contribution >= 0.6 is 0 Å². The van der Waals surface area contributed by atoms with E-state index in [9.17, 15) is 0 Å². The minimum absolute atomic E-state index is 0.428. The number of nitrogens with one attached hydrogen (secondary N) is 1. The summed E-state index contributed by atoms with van der Waals surface area (Å²) < 4.78 is 5.34. The van der Waals surface area contributed by atoms with Crippen LogP contribution in [0, 0.1) is 0 Å². The third-order valence-corrected chi connectivity index (χ3v) is 2.46. The second-order valence-electron chi connectivity index (χ2n) is 3.56. The second-order valence-corrected chi connectivity index (χ2v) is 3.56. The summed E-state index contributed by atoms with van der Waals surface area (Å²) in [7, 11) is 0. The zero-order valence-electron chi connectivity index (χ0n) is 8.65. The summed E-state index contributed by atoms with van der Waals surface area (Å²) in [5.41, 5.74) is 1.06. The molecule has 1 aromatic rings. The molecule has 1 fully saturated rings. The van der Waals surface area contributed by atoms with E-state index in [0.29, 0.717) is 5.92 Å². The molecule has 0 saturated carbocycles. The van der Waals surface area contributed by atoms with Gasteiger partial charge in [0, 0.05) is 25.1 Å². The maximum absolute atomic E-state index is 5.34. The van der Waals surface area contributed by atoms with E-state index in [0.717, 1.165) is 37.7 Å². The summed E-state index contributed by atoms with van der Waals surface area (Å²) in [5.74, 6) is 1.28. The molecule has 15 heavy (non-hydrogen) atoms. The van der Waals surface area contributed by atoms with E-state index in [4.69, 9.17) is 4.74 Å². The molecule has 2 rings (SSSR count). The molecule has 80 valence electrons. The maximum Gasteiger partial charge on any atom is 0.129 e. The summed E-state index contributed by atoms with van der Waals surface area (Å²) in [6.07, 6.45) is 4.46. The molecular weight excluding hydrogens is 190 g/mol. The molecule has 1 aliphatic rings. The molecule has 1 aliphatic heterocycles. The minimum atomic E-state index is 0.428. The quantitative estimate of drug-likeness (QED) is 0.758. The SMILES string of the molecule is C=CCNc1cc(C2CCOC2)ncn1. The fourth-order valence-electron chi connectivity index (χ4n) is 1.64. The van der Waals surface area contributed by atoms with Gasteiger partial charge >= 0.3 is 0 Å². The van der Waals surface area contributed by atoms with Gasteiger partial charge in [0.25, 0.3) is 0 Å². The van der Waals surface area contributed by atoms with Crippen LogP contribution < -0.4 is 5.32 Å². The molecule has 4 heteroatoms. The van der Waals surface area contributed by atoms with Gasteiger partial charge < -0.3 is 10.1 Å². The first-order valence-corrected chi connectivity index (χ1v) is 5.14. The summed E-state index contributed by atoms with van der Waals surface area (Å²) in [4.78, 5) is 8.41. The van der Waals surface area contributed by atoms with Gasteiger partial charge in [-0.15, -0.1) is 6.58 Å². The highest BCUT2D eigenvalue weighted by Gasteiger charge is 2.19. The van der Waals surface area contributed by atoms with Gasteiger partial charge in [0.05, 0.1) is 12.3 Å². The number of rotatable bonds is 4. The van der Waals surface area contributed by atoms with Crippen LogP contribution in [0.15, 0.2) is 25.0 Å². The van der Waals surface area contributed by atoms with Crippen molar-refractivity contribution in [2.75, 3.05) is 25.1 Å². The Kier molecular flexibility index (Phi) is 3.29. The highest BCUT2D eigenvalue weighted by Crippen LogP contribution is 2.24. The molecule has 0 bridgehead atoms. The van der Waals surface area contributed by atoms with Crippen molar-refractivity contribution in [3.8, 4) is 0 Å². The fraction of sp³-hybridized carbons (Fsp3) is 0.455. The van der Waals surface area contributed by atoms with E-state index in [2.05, 4.69) is 21.9 Å². The first kappa shape index (κ1) is 10.1. The Bertz CT molecular complexity index is 334. The number of nitrogens with zero attached hydrogens (tertiary/aromatic N) is 2. The highest BCUT2D eigenvalue weighted by molar-refractivity contribution is 5.36. The molecular formula is C11H15N3O. The standard InChI is InChI=1S/C11H15N3O/c1-2-4-12-11-6-10(13-8-14-11)9-3-5-15-7-9/h2,6,8-9H,1,3-5,7H2,(H,12,13,14). The largest absolute Gasteiger partial charge is 0.381 e.